The Bertz CT molecular complexity index is 545. The Hall–Kier alpha value is -1.53. The number of carbonyl (C=O) groups excluding carboxylic acids is 1. The number of thioether (sulfide) groups is 1. The van der Waals surface area contributed by atoms with Gasteiger partial charge in [-0.25, -0.2) is 4.98 Å². The highest BCUT2D eigenvalue weighted by Gasteiger charge is 2.02. The van der Waals surface area contributed by atoms with Crippen LogP contribution < -0.4 is 5.32 Å². The minimum atomic E-state index is 0.0616. The minimum absolute atomic E-state index is 0.0616. The summed E-state index contributed by atoms with van der Waals surface area (Å²) < 4.78 is 0. The summed E-state index contributed by atoms with van der Waals surface area (Å²) in [5, 5.41) is 10.2. The zero-order chi connectivity index (χ0) is 14.9. The number of H-pyrrole nitrogens is 1. The van der Waals surface area contributed by atoms with Gasteiger partial charge in [0.2, 0.25) is 5.91 Å². The molecule has 0 aliphatic rings. The van der Waals surface area contributed by atoms with Crippen LogP contribution in [0.15, 0.2) is 30.6 Å². The van der Waals surface area contributed by atoms with Gasteiger partial charge in [0, 0.05) is 23.7 Å². The van der Waals surface area contributed by atoms with Gasteiger partial charge in [0.25, 0.3) is 0 Å². The number of hydrogen-bond donors (Lipinski definition) is 2. The lowest BCUT2D eigenvalue weighted by atomic mass is 10.2. The van der Waals surface area contributed by atoms with Crippen LogP contribution in [0.5, 0.6) is 0 Å². The SMILES string of the molecule is O=C(CSCc1ccc(Cl)cc1)NCCCc1ncn[nH]1. The molecule has 5 nitrogen and oxygen atoms in total. The molecule has 0 bridgehead atoms. The molecule has 2 rings (SSSR count). The lowest BCUT2D eigenvalue weighted by Crippen LogP contribution is -2.26. The Morgan fingerprint density at radius 1 is 1.33 bits per heavy atom. The Morgan fingerprint density at radius 3 is 2.86 bits per heavy atom. The lowest BCUT2D eigenvalue weighted by Gasteiger charge is -2.05. The largest absolute Gasteiger partial charge is 0.355 e. The van der Waals surface area contributed by atoms with Crippen LogP contribution in [0.3, 0.4) is 0 Å². The van der Waals surface area contributed by atoms with Crippen LogP contribution in [0.2, 0.25) is 5.02 Å². The highest BCUT2D eigenvalue weighted by molar-refractivity contribution is 7.99. The van der Waals surface area contributed by atoms with Gasteiger partial charge in [-0.2, -0.15) is 5.10 Å². The van der Waals surface area contributed by atoms with E-state index in [4.69, 9.17) is 11.6 Å². The van der Waals surface area contributed by atoms with Crippen LogP contribution in [0, 0.1) is 0 Å². The summed E-state index contributed by atoms with van der Waals surface area (Å²) in [5.74, 6) is 2.18. The Balaban J connectivity index is 1.54. The molecule has 1 heterocycles. The molecular weight excluding hydrogens is 308 g/mol. The van der Waals surface area contributed by atoms with E-state index < -0.39 is 0 Å². The lowest BCUT2D eigenvalue weighted by molar-refractivity contribution is -0.118. The number of hydrogen-bond acceptors (Lipinski definition) is 4. The van der Waals surface area contributed by atoms with Crippen LogP contribution in [-0.2, 0) is 17.0 Å². The summed E-state index contributed by atoms with van der Waals surface area (Å²) in [4.78, 5) is 15.7. The van der Waals surface area contributed by atoms with Gasteiger partial charge < -0.3 is 5.32 Å². The number of aryl methyl sites for hydroxylation is 1. The number of nitrogens with zero attached hydrogens (tertiary/aromatic N) is 2. The van der Waals surface area contributed by atoms with Gasteiger partial charge in [-0.15, -0.1) is 11.8 Å². The maximum Gasteiger partial charge on any atom is 0.230 e. The van der Waals surface area contributed by atoms with Crippen molar-refractivity contribution >= 4 is 29.3 Å². The van der Waals surface area contributed by atoms with Crippen molar-refractivity contribution in [3.8, 4) is 0 Å². The molecule has 0 aliphatic heterocycles. The average molecular weight is 325 g/mol. The average Bonchev–Trinajstić information content (AvgIpc) is 2.99. The fourth-order valence-electron chi connectivity index (χ4n) is 1.73. The van der Waals surface area contributed by atoms with E-state index in [1.807, 2.05) is 24.3 Å². The van der Waals surface area contributed by atoms with Crippen molar-refractivity contribution in [3.63, 3.8) is 0 Å². The predicted molar refractivity (Wildman–Crippen MR) is 85.3 cm³/mol. The van der Waals surface area contributed by atoms with Crippen molar-refractivity contribution in [2.45, 2.75) is 18.6 Å². The second-order valence-electron chi connectivity index (χ2n) is 4.50. The molecule has 0 atom stereocenters. The van der Waals surface area contributed by atoms with Gasteiger partial charge >= 0.3 is 0 Å². The van der Waals surface area contributed by atoms with Crippen molar-refractivity contribution in [2.24, 2.45) is 0 Å². The first-order chi connectivity index (χ1) is 10.2. The van der Waals surface area contributed by atoms with E-state index in [1.165, 1.54) is 11.9 Å². The zero-order valence-electron chi connectivity index (χ0n) is 11.5. The summed E-state index contributed by atoms with van der Waals surface area (Å²) in [6.45, 7) is 0.654. The number of nitrogens with one attached hydrogen (secondary N) is 2. The molecule has 1 amide bonds. The number of amides is 1. The first-order valence-electron chi connectivity index (χ1n) is 6.67. The zero-order valence-corrected chi connectivity index (χ0v) is 13.1. The quantitative estimate of drug-likeness (QED) is 0.732. The monoisotopic (exact) mass is 324 g/mol. The summed E-state index contributed by atoms with van der Waals surface area (Å²) in [7, 11) is 0. The van der Waals surface area contributed by atoms with Crippen LogP contribution in [0.25, 0.3) is 0 Å². The third-order valence-electron chi connectivity index (χ3n) is 2.79. The molecule has 2 aromatic rings. The number of benzene rings is 1. The summed E-state index contributed by atoms with van der Waals surface area (Å²) in [5.41, 5.74) is 1.17. The number of halogens is 1. The molecular formula is C14H17ClN4OS. The Kier molecular flexibility index (Phi) is 6.56. The fraction of sp³-hybridized carbons (Fsp3) is 0.357. The molecule has 0 saturated heterocycles. The van der Waals surface area contributed by atoms with Gasteiger partial charge in [-0.05, 0) is 24.1 Å². The van der Waals surface area contributed by atoms with E-state index in [9.17, 15) is 4.79 Å². The molecule has 1 aromatic heterocycles. The highest BCUT2D eigenvalue weighted by atomic mass is 35.5. The maximum absolute atomic E-state index is 11.7. The molecule has 0 aliphatic carbocycles. The third kappa shape index (κ3) is 6.18. The molecule has 1 aromatic carbocycles. The standard InChI is InChI=1S/C14H17ClN4OS/c15-12-5-3-11(4-6-12)8-21-9-14(20)16-7-1-2-13-17-10-18-19-13/h3-6,10H,1-2,7-9H2,(H,16,20)(H,17,18,19). The third-order valence-corrected chi connectivity index (χ3v) is 4.05. The normalized spacial score (nSPS) is 10.5. The first kappa shape index (κ1) is 15.9. The van der Waals surface area contributed by atoms with Crippen molar-refractivity contribution in [1.82, 2.24) is 20.5 Å². The molecule has 21 heavy (non-hydrogen) atoms. The molecule has 0 saturated carbocycles. The van der Waals surface area contributed by atoms with Gasteiger partial charge in [0.1, 0.15) is 12.2 Å². The van der Waals surface area contributed by atoms with Crippen LogP contribution in [0.1, 0.15) is 17.8 Å². The van der Waals surface area contributed by atoms with Gasteiger partial charge in [0.15, 0.2) is 0 Å². The Labute approximate surface area is 132 Å². The van der Waals surface area contributed by atoms with E-state index in [2.05, 4.69) is 20.5 Å². The van der Waals surface area contributed by atoms with Crippen molar-refractivity contribution < 1.29 is 4.79 Å². The topological polar surface area (TPSA) is 70.7 Å². The Morgan fingerprint density at radius 2 is 2.14 bits per heavy atom. The van der Waals surface area contributed by atoms with Gasteiger partial charge in [-0.3, -0.25) is 9.89 Å². The number of aromatic amines is 1. The van der Waals surface area contributed by atoms with Gasteiger partial charge in [-0.1, -0.05) is 23.7 Å². The van der Waals surface area contributed by atoms with E-state index >= 15 is 0 Å². The molecule has 2 N–H and O–H groups in total. The first-order valence-corrected chi connectivity index (χ1v) is 8.20. The van der Waals surface area contributed by atoms with E-state index in [-0.39, 0.29) is 5.91 Å². The molecule has 0 spiro atoms. The molecule has 112 valence electrons. The number of carbonyl (C=O) groups is 1. The predicted octanol–water partition coefficient (Wildman–Crippen LogP) is 2.44. The summed E-state index contributed by atoms with van der Waals surface area (Å²) in [6.07, 6.45) is 3.13. The molecule has 0 unspecified atom stereocenters. The number of rotatable bonds is 8. The van der Waals surface area contributed by atoms with Crippen molar-refractivity contribution in [2.75, 3.05) is 12.3 Å². The second-order valence-corrected chi connectivity index (χ2v) is 5.93. The summed E-state index contributed by atoms with van der Waals surface area (Å²) >= 11 is 7.42. The van der Waals surface area contributed by atoms with Crippen molar-refractivity contribution in [1.29, 1.82) is 0 Å². The van der Waals surface area contributed by atoms with Crippen LogP contribution in [0.4, 0.5) is 0 Å². The van der Waals surface area contributed by atoms with Crippen LogP contribution >= 0.6 is 23.4 Å². The highest BCUT2D eigenvalue weighted by Crippen LogP contribution is 2.15. The van der Waals surface area contributed by atoms with Crippen molar-refractivity contribution in [3.05, 3.63) is 47.0 Å². The molecule has 0 fully saturated rings. The smallest absolute Gasteiger partial charge is 0.230 e. The molecule has 0 radical (unpaired) electrons. The van der Waals surface area contributed by atoms with Crippen LogP contribution in [-0.4, -0.2) is 33.4 Å². The van der Waals surface area contributed by atoms with Gasteiger partial charge in [0.05, 0.1) is 5.75 Å². The second kappa shape index (κ2) is 8.69. The fourth-order valence-corrected chi connectivity index (χ4v) is 2.67. The van der Waals surface area contributed by atoms with E-state index in [0.29, 0.717) is 12.3 Å². The maximum atomic E-state index is 11.7. The summed E-state index contributed by atoms with van der Waals surface area (Å²) in [6, 6.07) is 7.68. The number of aromatic nitrogens is 3. The van der Waals surface area contributed by atoms with E-state index in [1.54, 1.807) is 11.8 Å². The minimum Gasteiger partial charge on any atom is -0.355 e. The van der Waals surface area contributed by atoms with E-state index in [0.717, 1.165) is 29.4 Å². The molecule has 7 heteroatoms.